The molecule has 5 heteroatoms. The van der Waals surface area contributed by atoms with Crippen LogP contribution in [0.5, 0.6) is 0 Å². The Morgan fingerprint density at radius 2 is 2.00 bits per heavy atom. The third kappa shape index (κ3) is 8.12. The largest absolute Gasteiger partial charge is 0.395 e. The lowest BCUT2D eigenvalue weighted by molar-refractivity contribution is -0.123. The monoisotopic (exact) mass is 246 g/mol. The van der Waals surface area contributed by atoms with Gasteiger partial charge in [0.2, 0.25) is 5.91 Å². The topological polar surface area (TPSA) is 61.8 Å². The lowest BCUT2D eigenvalue weighted by atomic mass is 10.2. The third-order valence-electron chi connectivity index (χ3n) is 2.75. The molecular formula is C12H26N2O3. The molecule has 0 saturated carbocycles. The normalized spacial score (nSPS) is 11.2. The van der Waals surface area contributed by atoms with E-state index in [2.05, 4.69) is 19.2 Å². The molecule has 2 N–H and O–H groups in total. The second-order valence-corrected chi connectivity index (χ2v) is 4.07. The first-order valence-corrected chi connectivity index (χ1v) is 6.29. The second kappa shape index (κ2) is 10.5. The van der Waals surface area contributed by atoms with E-state index in [0.29, 0.717) is 26.2 Å². The number of nitrogens with zero attached hydrogens (tertiary/aromatic N) is 1. The van der Waals surface area contributed by atoms with Crippen LogP contribution in [0.4, 0.5) is 0 Å². The molecule has 0 heterocycles. The molecule has 0 aliphatic carbocycles. The Morgan fingerprint density at radius 3 is 2.47 bits per heavy atom. The van der Waals surface area contributed by atoms with Gasteiger partial charge in [0.15, 0.2) is 0 Å². The van der Waals surface area contributed by atoms with Crippen LogP contribution in [0.1, 0.15) is 26.7 Å². The molecular weight excluding hydrogens is 220 g/mol. The van der Waals surface area contributed by atoms with Gasteiger partial charge in [0.05, 0.1) is 19.8 Å². The number of rotatable bonds is 10. The molecule has 0 aromatic heterocycles. The highest BCUT2D eigenvalue weighted by Gasteiger charge is 2.12. The van der Waals surface area contributed by atoms with Crippen LogP contribution in [0, 0.1) is 0 Å². The Kier molecular flexibility index (Phi) is 10.1. The van der Waals surface area contributed by atoms with Crippen LogP contribution in [0.2, 0.25) is 0 Å². The highest BCUT2D eigenvalue weighted by Crippen LogP contribution is 1.96. The van der Waals surface area contributed by atoms with Gasteiger partial charge in [-0.05, 0) is 12.8 Å². The summed E-state index contributed by atoms with van der Waals surface area (Å²) in [6.07, 6.45) is 1.89. The lowest BCUT2D eigenvalue weighted by Gasteiger charge is -2.22. The molecule has 0 aliphatic rings. The predicted octanol–water partition coefficient (Wildman–Crippen LogP) is 0.232. The maximum absolute atomic E-state index is 11.7. The fourth-order valence-corrected chi connectivity index (χ4v) is 1.60. The zero-order valence-corrected chi connectivity index (χ0v) is 11.2. The average molecular weight is 246 g/mol. The Balaban J connectivity index is 4.01. The summed E-state index contributed by atoms with van der Waals surface area (Å²) in [5.74, 6) is 0.0169. The first kappa shape index (κ1) is 16.4. The third-order valence-corrected chi connectivity index (χ3v) is 2.75. The van der Waals surface area contributed by atoms with E-state index in [9.17, 15) is 4.79 Å². The molecule has 0 rings (SSSR count). The highest BCUT2D eigenvalue weighted by atomic mass is 16.5. The standard InChI is InChI=1S/C12H26N2O3/c1-4-11(5-2)13-12(16)10-14(6-8-15)7-9-17-3/h11,15H,4-10H2,1-3H3,(H,13,16). The van der Waals surface area contributed by atoms with Crippen molar-refractivity contribution in [3.63, 3.8) is 0 Å². The van der Waals surface area contributed by atoms with Crippen molar-refractivity contribution in [2.24, 2.45) is 0 Å². The summed E-state index contributed by atoms with van der Waals surface area (Å²) in [6, 6.07) is 0.251. The molecule has 0 aromatic rings. The molecule has 17 heavy (non-hydrogen) atoms. The Hall–Kier alpha value is -0.650. The first-order valence-electron chi connectivity index (χ1n) is 6.29. The summed E-state index contributed by atoms with van der Waals surface area (Å²) < 4.78 is 4.97. The number of aliphatic hydroxyl groups is 1. The van der Waals surface area contributed by atoms with Gasteiger partial charge in [0.25, 0.3) is 0 Å². The number of carbonyl (C=O) groups is 1. The van der Waals surface area contributed by atoms with Gasteiger partial charge in [0.1, 0.15) is 0 Å². The Labute approximate surface area is 104 Å². The number of nitrogens with one attached hydrogen (secondary N) is 1. The highest BCUT2D eigenvalue weighted by molar-refractivity contribution is 5.78. The summed E-state index contributed by atoms with van der Waals surface area (Å²) in [6.45, 7) is 6.23. The van der Waals surface area contributed by atoms with Crippen LogP contribution in [0.3, 0.4) is 0 Å². The minimum absolute atomic E-state index is 0.0169. The molecule has 0 bridgehead atoms. The number of hydrogen-bond donors (Lipinski definition) is 2. The Morgan fingerprint density at radius 1 is 1.35 bits per heavy atom. The van der Waals surface area contributed by atoms with Crippen LogP contribution in [-0.4, -0.2) is 61.9 Å². The van der Waals surface area contributed by atoms with Gasteiger partial charge in [-0.2, -0.15) is 0 Å². The van der Waals surface area contributed by atoms with Gasteiger partial charge in [-0.3, -0.25) is 9.69 Å². The first-order chi connectivity index (χ1) is 8.17. The number of carbonyl (C=O) groups excluding carboxylic acids is 1. The van der Waals surface area contributed by atoms with E-state index in [1.807, 2.05) is 4.90 Å². The second-order valence-electron chi connectivity index (χ2n) is 4.07. The van der Waals surface area contributed by atoms with Crippen LogP contribution < -0.4 is 5.32 Å². The molecule has 0 radical (unpaired) electrons. The van der Waals surface area contributed by atoms with Gasteiger partial charge >= 0.3 is 0 Å². The number of methoxy groups -OCH3 is 1. The molecule has 0 spiro atoms. The van der Waals surface area contributed by atoms with E-state index < -0.39 is 0 Å². The van der Waals surface area contributed by atoms with Crippen molar-refractivity contribution < 1.29 is 14.6 Å². The van der Waals surface area contributed by atoms with Crippen LogP contribution in [-0.2, 0) is 9.53 Å². The Bertz CT molecular complexity index is 196. The van der Waals surface area contributed by atoms with E-state index in [1.165, 1.54) is 0 Å². The van der Waals surface area contributed by atoms with Crippen molar-refractivity contribution in [3.05, 3.63) is 0 Å². The average Bonchev–Trinajstić information content (AvgIpc) is 2.33. The molecule has 0 unspecified atom stereocenters. The van der Waals surface area contributed by atoms with E-state index in [4.69, 9.17) is 9.84 Å². The summed E-state index contributed by atoms with van der Waals surface area (Å²) in [4.78, 5) is 13.6. The van der Waals surface area contributed by atoms with Crippen molar-refractivity contribution in [1.29, 1.82) is 0 Å². The van der Waals surface area contributed by atoms with Crippen molar-refractivity contribution in [3.8, 4) is 0 Å². The van der Waals surface area contributed by atoms with Crippen LogP contribution in [0.25, 0.3) is 0 Å². The zero-order valence-electron chi connectivity index (χ0n) is 11.2. The summed E-state index contributed by atoms with van der Waals surface area (Å²) >= 11 is 0. The van der Waals surface area contributed by atoms with Crippen molar-refractivity contribution >= 4 is 5.91 Å². The fraction of sp³-hybridized carbons (Fsp3) is 0.917. The summed E-state index contributed by atoms with van der Waals surface area (Å²) in [7, 11) is 1.63. The molecule has 0 atom stereocenters. The van der Waals surface area contributed by atoms with E-state index in [0.717, 1.165) is 12.8 Å². The zero-order chi connectivity index (χ0) is 13.1. The number of ether oxygens (including phenoxy) is 1. The molecule has 0 aromatic carbocycles. The SMILES string of the molecule is CCC(CC)NC(=O)CN(CCO)CCOC. The van der Waals surface area contributed by atoms with Crippen molar-refractivity contribution in [2.75, 3.05) is 40.0 Å². The predicted molar refractivity (Wildman–Crippen MR) is 67.9 cm³/mol. The molecule has 102 valence electrons. The maximum Gasteiger partial charge on any atom is 0.234 e. The quantitative estimate of drug-likeness (QED) is 0.579. The van der Waals surface area contributed by atoms with Gasteiger partial charge in [0, 0.05) is 26.2 Å². The summed E-state index contributed by atoms with van der Waals surface area (Å²) in [5, 5.41) is 11.9. The fourth-order valence-electron chi connectivity index (χ4n) is 1.60. The molecule has 0 aliphatic heterocycles. The van der Waals surface area contributed by atoms with Crippen LogP contribution in [0.15, 0.2) is 0 Å². The van der Waals surface area contributed by atoms with Gasteiger partial charge in [-0.15, -0.1) is 0 Å². The van der Waals surface area contributed by atoms with Gasteiger partial charge < -0.3 is 15.2 Å². The van der Waals surface area contributed by atoms with E-state index >= 15 is 0 Å². The minimum atomic E-state index is 0.0169. The molecule has 0 saturated heterocycles. The number of amides is 1. The van der Waals surface area contributed by atoms with E-state index in [1.54, 1.807) is 7.11 Å². The maximum atomic E-state index is 11.7. The van der Waals surface area contributed by atoms with Crippen LogP contribution >= 0.6 is 0 Å². The molecule has 5 nitrogen and oxygen atoms in total. The smallest absolute Gasteiger partial charge is 0.234 e. The molecule has 1 amide bonds. The van der Waals surface area contributed by atoms with Crippen molar-refractivity contribution in [2.45, 2.75) is 32.7 Å². The van der Waals surface area contributed by atoms with Gasteiger partial charge in [-0.25, -0.2) is 0 Å². The summed E-state index contributed by atoms with van der Waals surface area (Å²) in [5.41, 5.74) is 0. The lowest BCUT2D eigenvalue weighted by Crippen LogP contribution is -2.43. The van der Waals surface area contributed by atoms with E-state index in [-0.39, 0.29) is 18.6 Å². The number of aliphatic hydroxyl groups excluding tert-OH is 1. The van der Waals surface area contributed by atoms with Crippen molar-refractivity contribution in [1.82, 2.24) is 10.2 Å². The van der Waals surface area contributed by atoms with Gasteiger partial charge in [-0.1, -0.05) is 13.8 Å². The minimum Gasteiger partial charge on any atom is -0.395 e. The number of hydrogen-bond acceptors (Lipinski definition) is 4. The molecule has 0 fully saturated rings.